The van der Waals surface area contributed by atoms with Crippen LogP contribution in [0.1, 0.15) is 117 Å². The lowest BCUT2D eigenvalue weighted by atomic mass is 9.87. The number of ether oxygens (including phenoxy) is 1. The van der Waals surface area contributed by atoms with Gasteiger partial charge in [-0.2, -0.15) is 4.31 Å². The van der Waals surface area contributed by atoms with Crippen LogP contribution in [0.15, 0.2) is 12.7 Å². The van der Waals surface area contributed by atoms with Crippen LogP contribution in [0.3, 0.4) is 0 Å². The van der Waals surface area contributed by atoms with E-state index in [0.29, 0.717) is 6.42 Å². The third-order valence-electron chi connectivity index (χ3n) is 10.5. The van der Waals surface area contributed by atoms with Gasteiger partial charge in [-0.05, 0) is 12.3 Å². The van der Waals surface area contributed by atoms with Crippen molar-refractivity contribution in [3.63, 3.8) is 0 Å². The van der Waals surface area contributed by atoms with Crippen LogP contribution in [0.4, 0.5) is 5.82 Å². The van der Waals surface area contributed by atoms with Gasteiger partial charge in [0.2, 0.25) is 11.8 Å². The second-order valence-electron chi connectivity index (χ2n) is 17.3. The number of thioether (sulfide) groups is 1. The van der Waals surface area contributed by atoms with E-state index in [9.17, 15) is 63.0 Å². The summed E-state index contributed by atoms with van der Waals surface area (Å²) in [5, 5.41) is 36.6. The Morgan fingerprint density at radius 1 is 0.896 bits per heavy atom. The molecule has 384 valence electrons. The number of carbonyl (C=O) groups excluding carboxylic acids is 3. The number of aliphatic hydroxyl groups excluding tert-OH is 3. The molecule has 0 bridgehead atoms. The van der Waals surface area contributed by atoms with E-state index in [-0.39, 0.29) is 53.8 Å². The highest BCUT2D eigenvalue weighted by molar-refractivity contribution is 8.13. The van der Waals surface area contributed by atoms with Crippen molar-refractivity contribution in [2.24, 2.45) is 11.3 Å². The molecular formula is C38H68N7O18P3S. The summed E-state index contributed by atoms with van der Waals surface area (Å²) >= 11 is 0.998. The minimum absolute atomic E-state index is 0.0247. The Balaban J connectivity index is 1.32. The zero-order valence-electron chi connectivity index (χ0n) is 38.2. The van der Waals surface area contributed by atoms with Gasteiger partial charge in [0.1, 0.15) is 36.3 Å². The van der Waals surface area contributed by atoms with Crippen LogP contribution in [0.5, 0.6) is 0 Å². The molecule has 1 aliphatic heterocycles. The van der Waals surface area contributed by atoms with Gasteiger partial charge in [-0.15, -0.1) is 0 Å². The van der Waals surface area contributed by atoms with Crippen LogP contribution in [0.25, 0.3) is 11.2 Å². The SMILES string of the molecule is CC(C)CCCCCCCCCCC[C@H](O)CC(=O)SCCNC(=O)CCNC(=O)[C@H](O)C(C)(C)COP(=O)(O)OP(=O)(O)OC[C@H]1O[C@@H](n2cnc3c(N)ncnc32)[C@H](O)[C@@H]1OP(=O)(O)O. The number of aliphatic hydroxyl groups is 3. The van der Waals surface area contributed by atoms with Gasteiger partial charge in [-0.3, -0.25) is 32.5 Å². The fourth-order valence-electron chi connectivity index (χ4n) is 6.82. The summed E-state index contributed by atoms with van der Waals surface area (Å²) in [6.07, 6.45) is 4.72. The third-order valence-corrected chi connectivity index (χ3v) is 14.5. The molecule has 1 aliphatic rings. The van der Waals surface area contributed by atoms with Gasteiger partial charge in [0.05, 0.1) is 25.6 Å². The van der Waals surface area contributed by atoms with Crippen molar-refractivity contribution in [2.45, 2.75) is 148 Å². The molecule has 8 atom stereocenters. The molecule has 1 fully saturated rings. The van der Waals surface area contributed by atoms with Crippen LogP contribution < -0.4 is 16.4 Å². The predicted molar refractivity (Wildman–Crippen MR) is 243 cm³/mol. The fraction of sp³-hybridized carbons (Fsp3) is 0.789. The maximum absolute atomic E-state index is 12.7. The Morgan fingerprint density at radius 2 is 1.51 bits per heavy atom. The number of phosphoric acid groups is 3. The highest BCUT2D eigenvalue weighted by Crippen LogP contribution is 2.61. The zero-order valence-corrected chi connectivity index (χ0v) is 41.7. The van der Waals surface area contributed by atoms with Crippen LogP contribution in [-0.4, -0.2) is 134 Å². The molecular weight excluding hydrogens is 967 g/mol. The van der Waals surface area contributed by atoms with Gasteiger partial charge in [-0.25, -0.2) is 28.6 Å². The monoisotopic (exact) mass is 1040 g/mol. The second-order valence-corrected chi connectivity index (χ2v) is 22.7. The predicted octanol–water partition coefficient (Wildman–Crippen LogP) is 3.36. The molecule has 29 heteroatoms. The summed E-state index contributed by atoms with van der Waals surface area (Å²) in [5.74, 6) is -0.454. The molecule has 2 amide bonds. The first-order chi connectivity index (χ1) is 31.3. The number of unbranched alkanes of at least 4 members (excludes halogenated alkanes) is 8. The number of nitrogens with two attached hydrogens (primary N) is 1. The molecule has 11 N–H and O–H groups in total. The Morgan fingerprint density at radius 3 is 2.13 bits per heavy atom. The van der Waals surface area contributed by atoms with Crippen molar-refractivity contribution in [1.82, 2.24) is 30.2 Å². The molecule has 0 aromatic carbocycles. The summed E-state index contributed by atoms with van der Waals surface area (Å²) in [4.78, 5) is 88.4. The highest BCUT2D eigenvalue weighted by Gasteiger charge is 2.50. The molecule has 2 aromatic heterocycles. The van der Waals surface area contributed by atoms with E-state index in [1.807, 2.05) is 0 Å². The first kappa shape index (κ1) is 58.8. The van der Waals surface area contributed by atoms with E-state index in [0.717, 1.165) is 54.2 Å². The fourth-order valence-corrected chi connectivity index (χ4v) is 10.4. The van der Waals surface area contributed by atoms with Crippen LogP contribution in [-0.2, 0) is 50.7 Å². The number of amides is 2. The number of fused-ring (bicyclic) bond motifs is 1. The van der Waals surface area contributed by atoms with E-state index in [1.54, 1.807) is 0 Å². The maximum atomic E-state index is 12.7. The number of hydrogen-bond donors (Lipinski definition) is 10. The molecule has 3 rings (SSSR count). The number of imidazole rings is 1. The van der Waals surface area contributed by atoms with Crippen molar-refractivity contribution in [1.29, 1.82) is 0 Å². The molecule has 2 unspecified atom stereocenters. The molecule has 25 nitrogen and oxygen atoms in total. The number of carbonyl (C=O) groups is 3. The number of nitrogen functional groups attached to an aromatic ring is 1. The van der Waals surface area contributed by atoms with Crippen LogP contribution >= 0.6 is 35.2 Å². The molecule has 0 saturated carbocycles. The number of anilines is 1. The Labute approximate surface area is 393 Å². The largest absolute Gasteiger partial charge is 0.481 e. The quantitative estimate of drug-likeness (QED) is 0.0362. The topological polar surface area (TPSA) is 384 Å². The smallest absolute Gasteiger partial charge is 0.393 e. The lowest BCUT2D eigenvalue weighted by Gasteiger charge is -2.30. The summed E-state index contributed by atoms with van der Waals surface area (Å²) in [5.41, 5.74) is 4.25. The first-order valence-electron chi connectivity index (χ1n) is 22.0. The molecule has 3 heterocycles. The zero-order chi connectivity index (χ0) is 50.0. The van der Waals surface area contributed by atoms with Crippen molar-refractivity contribution in [3.8, 4) is 0 Å². The normalized spacial score (nSPS) is 20.7. The summed E-state index contributed by atoms with van der Waals surface area (Å²) in [6.45, 7) is 4.90. The lowest BCUT2D eigenvalue weighted by Crippen LogP contribution is -2.46. The lowest BCUT2D eigenvalue weighted by molar-refractivity contribution is -0.137. The van der Waals surface area contributed by atoms with Crippen molar-refractivity contribution in [2.75, 3.05) is 37.8 Å². The van der Waals surface area contributed by atoms with Crippen molar-refractivity contribution < 1.29 is 85.6 Å². The molecule has 0 radical (unpaired) electrons. The van der Waals surface area contributed by atoms with Gasteiger partial charge in [0.25, 0.3) is 0 Å². The first-order valence-corrected chi connectivity index (χ1v) is 27.5. The van der Waals surface area contributed by atoms with E-state index < -0.39 is 90.7 Å². The highest BCUT2D eigenvalue weighted by atomic mass is 32.2. The molecule has 67 heavy (non-hydrogen) atoms. The summed E-state index contributed by atoms with van der Waals surface area (Å²) in [6, 6.07) is 0. The van der Waals surface area contributed by atoms with E-state index in [4.69, 9.17) is 19.5 Å². The van der Waals surface area contributed by atoms with Gasteiger partial charge in [0, 0.05) is 37.1 Å². The van der Waals surface area contributed by atoms with Gasteiger partial charge in [-0.1, -0.05) is 104 Å². The number of rotatable bonds is 33. The van der Waals surface area contributed by atoms with Crippen molar-refractivity contribution in [3.05, 3.63) is 12.7 Å². The average molecular weight is 1040 g/mol. The minimum Gasteiger partial charge on any atom is -0.393 e. The Bertz CT molecular complexity index is 2030. The summed E-state index contributed by atoms with van der Waals surface area (Å²) in [7, 11) is -16.4. The van der Waals surface area contributed by atoms with Gasteiger partial charge >= 0.3 is 23.5 Å². The third kappa shape index (κ3) is 21.6. The number of nitrogens with zero attached hydrogens (tertiary/aromatic N) is 4. The van der Waals surface area contributed by atoms with Crippen LogP contribution in [0.2, 0.25) is 0 Å². The van der Waals surface area contributed by atoms with Crippen LogP contribution in [0, 0.1) is 11.3 Å². The second kappa shape index (κ2) is 27.8. The number of nitrogens with one attached hydrogen (secondary N) is 2. The molecule has 2 aromatic rings. The molecule has 1 saturated heterocycles. The molecule has 0 aliphatic carbocycles. The number of hydrogen-bond acceptors (Lipinski definition) is 19. The van der Waals surface area contributed by atoms with E-state index in [2.05, 4.69) is 48.3 Å². The Hall–Kier alpha value is -2.48. The van der Waals surface area contributed by atoms with Gasteiger partial charge < -0.3 is 56.0 Å². The number of aromatic nitrogens is 4. The maximum Gasteiger partial charge on any atom is 0.481 e. The van der Waals surface area contributed by atoms with E-state index >= 15 is 0 Å². The standard InChI is InChI=1S/C38H68N7O18P3S/c1-25(2)14-12-10-8-6-5-7-9-11-13-15-26(46)20-29(48)67-19-18-40-28(47)16-17-41-36(51)33(50)38(3,4)22-60-66(57,58)63-65(55,56)59-21-27-32(62-64(52,53)54)31(49)37(61-27)45-24-44-30-34(39)42-23-43-35(30)45/h23-27,31-33,37,46,49-50H,5-22H2,1-4H3,(H,40,47)(H,41,51)(H,55,56)(H,57,58)(H2,39,42,43)(H2,52,53,54)/t26-,27+,31+,32+,33-,37+/m0/s1. The molecule has 0 spiro atoms. The summed E-state index contributed by atoms with van der Waals surface area (Å²) < 4.78 is 62.4. The van der Waals surface area contributed by atoms with Crippen molar-refractivity contribution >= 4 is 69.1 Å². The number of phosphoric ester groups is 3. The average Bonchev–Trinajstić information content (AvgIpc) is 3.79. The Kier molecular flexibility index (Phi) is 24.4. The van der Waals surface area contributed by atoms with Gasteiger partial charge in [0.15, 0.2) is 22.8 Å². The minimum atomic E-state index is -5.59. The van der Waals surface area contributed by atoms with E-state index in [1.165, 1.54) is 58.8 Å².